The lowest BCUT2D eigenvalue weighted by molar-refractivity contribution is -0.136. The molecule has 2 heterocycles. The third-order valence-corrected chi connectivity index (χ3v) is 7.41. The lowest BCUT2D eigenvalue weighted by Gasteiger charge is -2.38. The molecule has 1 aliphatic heterocycles. The maximum atomic E-state index is 13.6. The highest BCUT2D eigenvalue weighted by molar-refractivity contribution is 5.98. The zero-order valence-corrected chi connectivity index (χ0v) is 21.0. The van der Waals surface area contributed by atoms with E-state index in [1.165, 1.54) is 6.42 Å². The van der Waals surface area contributed by atoms with Crippen LogP contribution >= 0.6 is 0 Å². The molecule has 7 heteroatoms. The van der Waals surface area contributed by atoms with Gasteiger partial charge in [-0.2, -0.15) is 0 Å². The minimum Gasteiger partial charge on any atom is -0.472 e. The van der Waals surface area contributed by atoms with Crippen LogP contribution in [0.15, 0.2) is 42.6 Å². The molecule has 2 aromatic rings. The van der Waals surface area contributed by atoms with Gasteiger partial charge in [0.15, 0.2) is 0 Å². The molecule has 0 spiro atoms. The van der Waals surface area contributed by atoms with Gasteiger partial charge in [0.05, 0.1) is 19.2 Å². The smallest absolute Gasteiger partial charge is 0.259 e. The summed E-state index contributed by atoms with van der Waals surface area (Å²) >= 11 is 0. The standard InChI is InChI=1S/C28H37N3O4/c1-19-16-31(20(2)18-32)28(34)24-14-23(21-10-6-4-7-11-21)15-29-26(24)35-25(19)17-30(3)27(33)22-12-8-5-9-13-22/h4,6-7,10-11,14-15,19-20,22,25,32H,5,8-9,12-13,16-18H2,1-3H3/t19-,20+,25-/m0/s1. The second kappa shape index (κ2) is 11.2. The molecular formula is C28H37N3O4. The topological polar surface area (TPSA) is 83.0 Å². The number of aromatic nitrogens is 1. The third-order valence-electron chi connectivity index (χ3n) is 7.41. The van der Waals surface area contributed by atoms with Crippen molar-refractivity contribution in [1.29, 1.82) is 0 Å². The fourth-order valence-corrected chi connectivity index (χ4v) is 5.13. The first-order valence-corrected chi connectivity index (χ1v) is 12.8. The Labute approximate surface area is 208 Å². The first kappa shape index (κ1) is 25.2. The summed E-state index contributed by atoms with van der Waals surface area (Å²) in [6.45, 7) is 4.58. The molecule has 1 saturated carbocycles. The minimum absolute atomic E-state index is 0.0571. The molecule has 1 aliphatic carbocycles. The molecule has 1 fully saturated rings. The van der Waals surface area contributed by atoms with E-state index in [4.69, 9.17) is 4.74 Å². The maximum Gasteiger partial charge on any atom is 0.259 e. The van der Waals surface area contributed by atoms with Gasteiger partial charge in [-0.3, -0.25) is 9.59 Å². The second-order valence-corrected chi connectivity index (χ2v) is 10.1. The van der Waals surface area contributed by atoms with Crippen LogP contribution in [-0.4, -0.2) is 70.6 Å². The van der Waals surface area contributed by atoms with E-state index in [1.54, 1.807) is 16.0 Å². The summed E-state index contributed by atoms with van der Waals surface area (Å²) in [6, 6.07) is 11.3. The fraction of sp³-hybridized carbons (Fsp3) is 0.536. The lowest BCUT2D eigenvalue weighted by Crippen LogP contribution is -2.51. The molecular weight excluding hydrogens is 442 g/mol. The molecule has 0 bridgehead atoms. The van der Waals surface area contributed by atoms with Crippen molar-refractivity contribution in [3.8, 4) is 17.0 Å². The Morgan fingerprint density at radius 2 is 1.91 bits per heavy atom. The van der Waals surface area contributed by atoms with E-state index >= 15 is 0 Å². The van der Waals surface area contributed by atoms with E-state index in [0.717, 1.165) is 36.8 Å². The van der Waals surface area contributed by atoms with Crippen molar-refractivity contribution in [3.05, 3.63) is 48.2 Å². The van der Waals surface area contributed by atoms with Crippen LogP contribution in [0, 0.1) is 11.8 Å². The molecule has 1 N–H and O–H groups in total. The van der Waals surface area contributed by atoms with Gasteiger partial charge < -0.3 is 19.6 Å². The Kier molecular flexibility index (Phi) is 8.06. The lowest BCUT2D eigenvalue weighted by atomic mass is 9.88. The fourth-order valence-electron chi connectivity index (χ4n) is 5.13. The van der Waals surface area contributed by atoms with Crippen molar-refractivity contribution >= 4 is 11.8 Å². The van der Waals surface area contributed by atoms with E-state index < -0.39 is 0 Å². The molecule has 3 atom stereocenters. The van der Waals surface area contributed by atoms with Crippen molar-refractivity contribution < 1.29 is 19.4 Å². The second-order valence-electron chi connectivity index (χ2n) is 10.1. The van der Waals surface area contributed by atoms with Crippen molar-refractivity contribution in [1.82, 2.24) is 14.8 Å². The van der Waals surface area contributed by atoms with Crippen LogP contribution in [0.25, 0.3) is 11.1 Å². The molecule has 35 heavy (non-hydrogen) atoms. The molecule has 2 aliphatic rings. The summed E-state index contributed by atoms with van der Waals surface area (Å²) < 4.78 is 6.37. The monoisotopic (exact) mass is 479 g/mol. The Bertz CT molecular complexity index is 1020. The molecule has 1 aromatic heterocycles. The highest BCUT2D eigenvalue weighted by Gasteiger charge is 2.35. The zero-order chi connectivity index (χ0) is 24.9. The summed E-state index contributed by atoms with van der Waals surface area (Å²) in [5, 5.41) is 9.87. The van der Waals surface area contributed by atoms with E-state index in [2.05, 4.69) is 4.98 Å². The van der Waals surface area contributed by atoms with Gasteiger partial charge in [-0.05, 0) is 31.4 Å². The number of hydrogen-bond donors (Lipinski definition) is 1. The number of fused-ring (bicyclic) bond motifs is 1. The number of likely N-dealkylation sites (N-methyl/N-ethyl adjacent to an activating group) is 1. The van der Waals surface area contributed by atoms with Crippen molar-refractivity contribution in [2.45, 2.75) is 58.1 Å². The minimum atomic E-state index is -0.349. The summed E-state index contributed by atoms with van der Waals surface area (Å²) in [7, 11) is 1.85. The first-order valence-electron chi connectivity index (χ1n) is 12.8. The van der Waals surface area contributed by atoms with E-state index in [1.807, 2.05) is 57.3 Å². The third kappa shape index (κ3) is 5.67. The number of carbonyl (C=O) groups is 2. The Hall–Kier alpha value is -2.93. The normalized spacial score (nSPS) is 21.9. The molecule has 7 nitrogen and oxygen atoms in total. The number of aliphatic hydroxyl groups excluding tert-OH is 1. The van der Waals surface area contributed by atoms with Crippen LogP contribution in [0.2, 0.25) is 0 Å². The number of amides is 2. The van der Waals surface area contributed by atoms with Gasteiger partial charge in [0, 0.05) is 37.2 Å². The zero-order valence-electron chi connectivity index (χ0n) is 21.0. The SMILES string of the molecule is C[C@H](CO)N1C[C@H](C)[C@H](CN(C)C(=O)C2CCCCC2)Oc2ncc(-c3ccccc3)cc2C1=O. The van der Waals surface area contributed by atoms with E-state index in [9.17, 15) is 14.7 Å². The van der Waals surface area contributed by atoms with Crippen LogP contribution in [0.5, 0.6) is 5.88 Å². The number of aliphatic hydroxyl groups is 1. The average Bonchev–Trinajstić information content (AvgIpc) is 2.90. The average molecular weight is 480 g/mol. The number of benzene rings is 1. The molecule has 0 saturated heterocycles. The van der Waals surface area contributed by atoms with Gasteiger partial charge in [-0.1, -0.05) is 56.5 Å². The Morgan fingerprint density at radius 1 is 1.20 bits per heavy atom. The molecule has 0 radical (unpaired) electrons. The molecule has 4 rings (SSSR count). The summed E-state index contributed by atoms with van der Waals surface area (Å²) in [6.07, 6.45) is 6.72. The number of nitrogens with zero attached hydrogens (tertiary/aromatic N) is 3. The summed E-state index contributed by atoms with van der Waals surface area (Å²) in [5.41, 5.74) is 2.17. The first-order chi connectivity index (χ1) is 16.9. The van der Waals surface area contributed by atoms with Gasteiger partial charge in [0.25, 0.3) is 5.91 Å². The highest BCUT2D eigenvalue weighted by Crippen LogP contribution is 2.31. The number of carbonyl (C=O) groups excluding carboxylic acids is 2. The highest BCUT2D eigenvalue weighted by atomic mass is 16.5. The molecule has 0 unspecified atom stereocenters. The van der Waals surface area contributed by atoms with Crippen LogP contribution in [0.4, 0.5) is 0 Å². The van der Waals surface area contributed by atoms with Crippen molar-refractivity contribution in [2.75, 3.05) is 26.7 Å². The molecule has 2 amide bonds. The Morgan fingerprint density at radius 3 is 2.60 bits per heavy atom. The van der Waals surface area contributed by atoms with Crippen molar-refractivity contribution in [2.24, 2.45) is 11.8 Å². The number of pyridine rings is 1. The molecule has 1 aromatic carbocycles. The van der Waals surface area contributed by atoms with Gasteiger partial charge in [0.1, 0.15) is 11.7 Å². The summed E-state index contributed by atoms with van der Waals surface area (Å²) in [5.74, 6) is 0.276. The Balaban J connectivity index is 1.64. The quantitative estimate of drug-likeness (QED) is 0.677. The number of ether oxygens (including phenoxy) is 1. The van der Waals surface area contributed by atoms with Gasteiger partial charge in [0.2, 0.25) is 11.8 Å². The predicted octanol–water partition coefficient (Wildman–Crippen LogP) is 4.01. The van der Waals surface area contributed by atoms with Crippen molar-refractivity contribution in [3.63, 3.8) is 0 Å². The maximum absolute atomic E-state index is 13.6. The van der Waals surface area contributed by atoms with E-state index in [-0.39, 0.29) is 48.3 Å². The van der Waals surface area contributed by atoms with Crippen LogP contribution in [0.1, 0.15) is 56.3 Å². The van der Waals surface area contributed by atoms with E-state index in [0.29, 0.717) is 18.7 Å². The molecule has 188 valence electrons. The van der Waals surface area contributed by atoms with Gasteiger partial charge >= 0.3 is 0 Å². The van der Waals surface area contributed by atoms with Crippen LogP contribution in [-0.2, 0) is 4.79 Å². The van der Waals surface area contributed by atoms with Crippen LogP contribution in [0.3, 0.4) is 0 Å². The largest absolute Gasteiger partial charge is 0.472 e. The predicted molar refractivity (Wildman–Crippen MR) is 135 cm³/mol. The van der Waals surface area contributed by atoms with Crippen LogP contribution < -0.4 is 4.74 Å². The number of rotatable bonds is 6. The number of hydrogen-bond acceptors (Lipinski definition) is 5. The van der Waals surface area contributed by atoms with Gasteiger partial charge in [-0.25, -0.2) is 4.98 Å². The summed E-state index contributed by atoms with van der Waals surface area (Å²) in [4.78, 5) is 34.8. The van der Waals surface area contributed by atoms with Gasteiger partial charge in [-0.15, -0.1) is 0 Å².